The van der Waals surface area contributed by atoms with Crippen LogP contribution in [-0.2, 0) is 17.5 Å². The number of nitrogen functional groups attached to an aromatic ring is 1. The van der Waals surface area contributed by atoms with Crippen LogP contribution in [0.4, 0.5) is 23.5 Å². The van der Waals surface area contributed by atoms with E-state index in [1.54, 1.807) is 7.11 Å². The maximum absolute atomic E-state index is 5.89. The number of thioether (sulfide) groups is 1. The fraction of sp³-hybridized carbons (Fsp3) is 0.389. The summed E-state index contributed by atoms with van der Waals surface area (Å²) in [7, 11) is 3.56. The van der Waals surface area contributed by atoms with Crippen molar-refractivity contribution in [3.05, 3.63) is 30.1 Å². The Labute approximate surface area is 178 Å². The van der Waals surface area contributed by atoms with E-state index in [0.717, 1.165) is 29.9 Å². The Balaban J connectivity index is 1.46. The maximum atomic E-state index is 5.89. The van der Waals surface area contributed by atoms with Crippen molar-refractivity contribution < 1.29 is 9.47 Å². The monoisotopic (exact) mass is 429 g/mol. The lowest BCUT2D eigenvalue weighted by molar-refractivity contribution is 0.121. The third kappa shape index (κ3) is 4.54. The molecule has 4 rings (SSSR count). The van der Waals surface area contributed by atoms with Crippen LogP contribution in [0.3, 0.4) is 0 Å². The number of nitrogens with one attached hydrogen (secondary N) is 1. The van der Waals surface area contributed by atoms with E-state index in [0.29, 0.717) is 36.5 Å². The third-order valence-electron chi connectivity index (χ3n) is 4.49. The molecule has 158 valence electrons. The highest BCUT2D eigenvalue weighted by atomic mass is 32.2. The first kappa shape index (κ1) is 20.2. The molecule has 0 saturated carbocycles. The van der Waals surface area contributed by atoms with Crippen LogP contribution in [0.5, 0.6) is 5.75 Å². The van der Waals surface area contributed by atoms with Gasteiger partial charge in [0.1, 0.15) is 11.6 Å². The van der Waals surface area contributed by atoms with Crippen LogP contribution in [0.2, 0.25) is 0 Å². The molecule has 0 radical (unpaired) electrons. The van der Waals surface area contributed by atoms with Crippen LogP contribution >= 0.6 is 11.8 Å². The van der Waals surface area contributed by atoms with Crippen LogP contribution in [0, 0.1) is 0 Å². The number of ether oxygens (including phenoxy) is 2. The lowest BCUT2D eigenvalue weighted by Gasteiger charge is -2.27. The van der Waals surface area contributed by atoms with Crippen LogP contribution in [0.25, 0.3) is 0 Å². The second-order valence-corrected chi connectivity index (χ2v) is 7.43. The van der Waals surface area contributed by atoms with Gasteiger partial charge in [0.05, 0.1) is 31.8 Å². The maximum Gasteiger partial charge on any atom is 0.232 e. The second kappa shape index (κ2) is 9.13. The normalized spacial score (nSPS) is 14.0. The van der Waals surface area contributed by atoms with E-state index in [9.17, 15) is 0 Å². The number of benzene rings is 1. The standard InChI is InChI=1S/C18H23N9O2S/c1-26-17(27-7-9-29-10-8-27)24-25-18(26)30-11-14-21-15(19)23-16(22-14)20-12-5-3-4-6-13(12)28-2/h3-6H,7-11H2,1-2H3,(H3,19,20,21,22,23). The molecule has 3 heterocycles. The minimum Gasteiger partial charge on any atom is -0.495 e. The Morgan fingerprint density at radius 2 is 1.97 bits per heavy atom. The molecule has 3 aromatic rings. The summed E-state index contributed by atoms with van der Waals surface area (Å²) < 4.78 is 12.7. The van der Waals surface area contributed by atoms with Crippen molar-refractivity contribution in [2.24, 2.45) is 7.05 Å². The lowest BCUT2D eigenvalue weighted by atomic mass is 10.3. The highest BCUT2D eigenvalue weighted by molar-refractivity contribution is 7.98. The van der Waals surface area contributed by atoms with Gasteiger partial charge in [-0.1, -0.05) is 23.9 Å². The molecule has 2 aromatic heterocycles. The van der Waals surface area contributed by atoms with Crippen molar-refractivity contribution in [2.45, 2.75) is 10.9 Å². The summed E-state index contributed by atoms with van der Waals surface area (Å²) in [5, 5.41) is 12.5. The number of nitrogens with two attached hydrogens (primary N) is 1. The van der Waals surface area contributed by atoms with Gasteiger partial charge in [-0.15, -0.1) is 10.2 Å². The Kier molecular flexibility index (Phi) is 6.14. The molecule has 0 aliphatic carbocycles. The van der Waals surface area contributed by atoms with Crippen LogP contribution in [0.15, 0.2) is 29.4 Å². The summed E-state index contributed by atoms with van der Waals surface area (Å²) in [6.07, 6.45) is 0. The average Bonchev–Trinajstić information content (AvgIpc) is 3.13. The number of morpholine rings is 1. The van der Waals surface area contributed by atoms with Gasteiger partial charge >= 0.3 is 0 Å². The highest BCUT2D eigenvalue weighted by Gasteiger charge is 2.19. The Morgan fingerprint density at radius 1 is 1.17 bits per heavy atom. The molecule has 0 spiro atoms. The third-order valence-corrected chi connectivity index (χ3v) is 5.50. The molecule has 0 atom stereocenters. The predicted molar refractivity (Wildman–Crippen MR) is 114 cm³/mol. The lowest BCUT2D eigenvalue weighted by Crippen LogP contribution is -2.37. The zero-order valence-electron chi connectivity index (χ0n) is 16.8. The van der Waals surface area contributed by atoms with Gasteiger partial charge in [0, 0.05) is 20.1 Å². The van der Waals surface area contributed by atoms with Crippen LogP contribution in [-0.4, -0.2) is 63.1 Å². The molecule has 1 fully saturated rings. The van der Waals surface area contributed by atoms with Gasteiger partial charge in [-0.05, 0) is 12.1 Å². The molecule has 12 heteroatoms. The van der Waals surface area contributed by atoms with Crippen molar-refractivity contribution in [1.29, 1.82) is 0 Å². The van der Waals surface area contributed by atoms with Gasteiger partial charge in [-0.25, -0.2) is 0 Å². The molecule has 1 aliphatic heterocycles. The first-order chi connectivity index (χ1) is 14.6. The number of nitrogens with zero attached hydrogens (tertiary/aromatic N) is 7. The zero-order valence-corrected chi connectivity index (χ0v) is 17.6. The number of hydrogen-bond donors (Lipinski definition) is 2. The summed E-state index contributed by atoms with van der Waals surface area (Å²) in [4.78, 5) is 15.0. The van der Waals surface area contributed by atoms with E-state index in [1.807, 2.05) is 35.9 Å². The summed E-state index contributed by atoms with van der Waals surface area (Å²) in [5.41, 5.74) is 6.63. The molecule has 30 heavy (non-hydrogen) atoms. The molecule has 0 bridgehead atoms. The first-order valence-corrected chi connectivity index (χ1v) is 10.4. The number of methoxy groups -OCH3 is 1. The average molecular weight is 430 g/mol. The van der Waals surface area contributed by atoms with E-state index < -0.39 is 0 Å². The number of para-hydroxylation sites is 2. The Morgan fingerprint density at radius 3 is 2.77 bits per heavy atom. The molecule has 0 unspecified atom stereocenters. The summed E-state index contributed by atoms with van der Waals surface area (Å²) in [6, 6.07) is 7.51. The van der Waals surface area contributed by atoms with Gasteiger partial charge in [-0.2, -0.15) is 15.0 Å². The van der Waals surface area contributed by atoms with Crippen molar-refractivity contribution in [2.75, 3.05) is 49.4 Å². The molecule has 1 saturated heterocycles. The second-order valence-electron chi connectivity index (χ2n) is 6.49. The van der Waals surface area contributed by atoms with Gasteiger partial charge in [0.25, 0.3) is 0 Å². The fourth-order valence-corrected chi connectivity index (χ4v) is 3.79. The largest absolute Gasteiger partial charge is 0.495 e. The number of anilines is 4. The Hall–Kier alpha value is -3.12. The topological polar surface area (TPSA) is 129 Å². The summed E-state index contributed by atoms with van der Waals surface area (Å²) in [6.45, 7) is 3.00. The van der Waals surface area contributed by atoms with Gasteiger partial charge < -0.3 is 25.4 Å². The molecular weight excluding hydrogens is 406 g/mol. The minimum atomic E-state index is 0.143. The fourth-order valence-electron chi connectivity index (χ4n) is 3.03. The van der Waals surface area contributed by atoms with E-state index in [-0.39, 0.29) is 5.95 Å². The number of aromatic nitrogens is 6. The van der Waals surface area contributed by atoms with Crippen molar-refractivity contribution in [3.8, 4) is 5.75 Å². The molecular formula is C18H23N9O2S. The smallest absolute Gasteiger partial charge is 0.232 e. The highest BCUT2D eigenvalue weighted by Crippen LogP contribution is 2.27. The predicted octanol–water partition coefficient (Wildman–Crippen LogP) is 1.46. The number of rotatable bonds is 7. The molecule has 11 nitrogen and oxygen atoms in total. The van der Waals surface area contributed by atoms with E-state index in [4.69, 9.17) is 15.2 Å². The van der Waals surface area contributed by atoms with E-state index in [1.165, 1.54) is 11.8 Å². The molecule has 1 aromatic carbocycles. The summed E-state index contributed by atoms with van der Waals surface area (Å²) in [5.74, 6) is 3.03. The molecule has 1 aliphatic rings. The van der Waals surface area contributed by atoms with Crippen molar-refractivity contribution >= 4 is 35.3 Å². The van der Waals surface area contributed by atoms with E-state index in [2.05, 4.69) is 35.4 Å². The van der Waals surface area contributed by atoms with Crippen molar-refractivity contribution in [3.63, 3.8) is 0 Å². The van der Waals surface area contributed by atoms with Crippen LogP contribution in [0.1, 0.15) is 5.82 Å². The summed E-state index contributed by atoms with van der Waals surface area (Å²) >= 11 is 1.49. The molecule has 0 amide bonds. The Bertz CT molecular complexity index is 1010. The van der Waals surface area contributed by atoms with Crippen molar-refractivity contribution in [1.82, 2.24) is 29.7 Å². The minimum absolute atomic E-state index is 0.143. The van der Waals surface area contributed by atoms with Crippen LogP contribution < -0.4 is 20.7 Å². The number of hydrogen-bond acceptors (Lipinski definition) is 11. The SMILES string of the molecule is COc1ccccc1Nc1nc(N)nc(CSc2nnc(N3CCOCC3)n2C)n1. The van der Waals surface area contributed by atoms with Gasteiger partial charge in [-0.3, -0.25) is 4.57 Å². The first-order valence-electron chi connectivity index (χ1n) is 9.39. The van der Waals surface area contributed by atoms with Gasteiger partial charge in [0.2, 0.25) is 17.8 Å². The quantitative estimate of drug-likeness (QED) is 0.530. The van der Waals surface area contributed by atoms with E-state index >= 15 is 0 Å². The molecule has 3 N–H and O–H groups in total. The van der Waals surface area contributed by atoms with Gasteiger partial charge in [0.15, 0.2) is 5.16 Å². The zero-order chi connectivity index (χ0) is 20.9.